The predicted molar refractivity (Wildman–Crippen MR) is 180 cm³/mol. The Morgan fingerprint density at radius 1 is 0.826 bits per heavy atom. The van der Waals surface area contributed by atoms with Crippen LogP contribution in [0.5, 0.6) is 0 Å². The van der Waals surface area contributed by atoms with Gasteiger partial charge in [0.25, 0.3) is 0 Å². The van der Waals surface area contributed by atoms with Gasteiger partial charge in [-0.3, -0.25) is 9.13 Å². The quantitative estimate of drug-likeness (QED) is 0.0950. The van der Waals surface area contributed by atoms with Crippen molar-refractivity contribution in [3.05, 3.63) is 130 Å². The van der Waals surface area contributed by atoms with Gasteiger partial charge in [0.15, 0.2) is 0 Å². The Morgan fingerprint density at radius 2 is 1.33 bits per heavy atom. The van der Waals surface area contributed by atoms with Crippen LogP contribution in [0.3, 0.4) is 0 Å². The third-order valence-corrected chi connectivity index (χ3v) is 9.39. The predicted octanol–water partition coefficient (Wildman–Crippen LogP) is 7.21. The molecule has 1 aliphatic rings. The molecule has 46 heavy (non-hydrogen) atoms. The molecule has 10 heteroatoms. The molecule has 1 fully saturated rings. The lowest BCUT2D eigenvalue weighted by Gasteiger charge is -2.37. The van der Waals surface area contributed by atoms with Gasteiger partial charge in [-0.25, -0.2) is 4.79 Å². The summed E-state index contributed by atoms with van der Waals surface area (Å²) in [4.78, 5) is 17.4. The van der Waals surface area contributed by atoms with Crippen LogP contribution >= 0.6 is 7.60 Å². The van der Waals surface area contributed by atoms with Gasteiger partial charge in [0, 0.05) is 12.2 Å². The summed E-state index contributed by atoms with van der Waals surface area (Å²) < 4.78 is 40.2. The molecule has 9 nitrogen and oxygen atoms in total. The van der Waals surface area contributed by atoms with Crippen molar-refractivity contribution in [1.82, 2.24) is 9.55 Å². The topological polar surface area (TPSA) is 101 Å². The molecule has 0 saturated heterocycles. The molecule has 5 rings (SSSR count). The SMILES string of the molecule is CC(C)OP(=O)(CO[C@H](COC(c1ccccc1)(c1ccccc1)c1ccccc1)Cn1ccc(NC2CC2)nc1=O)OC(C)C. The molecule has 0 bridgehead atoms. The van der Waals surface area contributed by atoms with Crippen LogP contribution < -0.4 is 11.0 Å². The summed E-state index contributed by atoms with van der Waals surface area (Å²) in [5.74, 6) is 0.550. The number of nitrogens with zero attached hydrogens (tertiary/aromatic N) is 2. The Kier molecular flexibility index (Phi) is 11.3. The third kappa shape index (κ3) is 8.81. The molecule has 1 heterocycles. The zero-order chi connectivity index (χ0) is 32.6. The van der Waals surface area contributed by atoms with Crippen molar-refractivity contribution in [2.45, 2.75) is 77.0 Å². The number of aromatic nitrogens is 2. The smallest absolute Gasteiger partial charge is 0.356 e. The van der Waals surface area contributed by atoms with Gasteiger partial charge >= 0.3 is 13.3 Å². The highest BCUT2D eigenvalue weighted by Crippen LogP contribution is 2.51. The molecule has 1 aromatic heterocycles. The highest BCUT2D eigenvalue weighted by Gasteiger charge is 2.39. The second-order valence-electron chi connectivity index (χ2n) is 12.1. The maximum atomic E-state index is 13.8. The van der Waals surface area contributed by atoms with Crippen molar-refractivity contribution in [2.24, 2.45) is 0 Å². The molecular formula is C36H44N3O6P. The summed E-state index contributed by atoms with van der Waals surface area (Å²) in [5.41, 5.74) is 1.35. The minimum absolute atomic E-state index is 0.0382. The van der Waals surface area contributed by atoms with Crippen LogP contribution in [0.1, 0.15) is 57.2 Å². The van der Waals surface area contributed by atoms with E-state index < -0.39 is 25.0 Å². The number of nitrogens with one attached hydrogen (secondary N) is 1. The van der Waals surface area contributed by atoms with E-state index in [9.17, 15) is 9.36 Å². The van der Waals surface area contributed by atoms with Gasteiger partial charge in [-0.05, 0) is 63.3 Å². The lowest BCUT2D eigenvalue weighted by molar-refractivity contribution is -0.0648. The van der Waals surface area contributed by atoms with Crippen LogP contribution in [0.4, 0.5) is 5.82 Å². The number of ether oxygens (including phenoxy) is 2. The third-order valence-electron chi connectivity index (χ3n) is 7.44. The van der Waals surface area contributed by atoms with Crippen LogP contribution in [0, 0.1) is 0 Å². The van der Waals surface area contributed by atoms with Crippen molar-refractivity contribution in [3.8, 4) is 0 Å². The maximum absolute atomic E-state index is 13.8. The van der Waals surface area contributed by atoms with Gasteiger partial charge in [-0.2, -0.15) is 4.98 Å². The first-order valence-corrected chi connectivity index (χ1v) is 17.6. The Hall–Kier alpha value is -3.59. The summed E-state index contributed by atoms with van der Waals surface area (Å²) in [7, 11) is -3.65. The Labute approximate surface area is 271 Å². The van der Waals surface area contributed by atoms with Crippen LogP contribution in [-0.4, -0.2) is 46.9 Å². The van der Waals surface area contributed by atoms with Crippen molar-refractivity contribution < 1.29 is 23.1 Å². The highest BCUT2D eigenvalue weighted by molar-refractivity contribution is 7.53. The molecule has 0 amide bonds. The summed E-state index contributed by atoms with van der Waals surface area (Å²) in [5, 5.41) is 3.27. The lowest BCUT2D eigenvalue weighted by atomic mass is 9.80. The van der Waals surface area contributed by atoms with E-state index in [1.807, 2.05) is 91.0 Å². The fourth-order valence-corrected chi connectivity index (χ4v) is 7.22. The van der Waals surface area contributed by atoms with Gasteiger partial charge in [-0.15, -0.1) is 0 Å². The first-order valence-electron chi connectivity index (χ1n) is 15.9. The van der Waals surface area contributed by atoms with E-state index in [2.05, 4.69) is 10.3 Å². The Balaban J connectivity index is 1.50. The molecule has 0 aliphatic heterocycles. The van der Waals surface area contributed by atoms with Crippen LogP contribution in [0.25, 0.3) is 0 Å². The van der Waals surface area contributed by atoms with Crippen molar-refractivity contribution in [1.29, 1.82) is 0 Å². The van der Waals surface area contributed by atoms with E-state index in [-0.39, 0.29) is 31.7 Å². The standard InChI is InChI=1S/C36H44N3O6P/c1-27(2)44-46(41,45-28(3)4)26-42-33(24-39-23-22-34(38-35(39)40)37-32-20-21-32)25-43-36(29-14-8-5-9-15-29,30-16-10-6-11-17-30)31-18-12-7-13-19-31/h5-19,22-23,27-28,32-33H,20-21,24-26H2,1-4H3,(H,37,38,40)/t33-/m0/s1. The number of hydrogen-bond acceptors (Lipinski definition) is 8. The van der Waals surface area contributed by atoms with Gasteiger partial charge < -0.3 is 23.8 Å². The van der Waals surface area contributed by atoms with Crippen molar-refractivity contribution in [3.63, 3.8) is 0 Å². The molecule has 0 spiro atoms. The fourth-order valence-electron chi connectivity index (χ4n) is 5.37. The summed E-state index contributed by atoms with van der Waals surface area (Å²) >= 11 is 0. The number of benzene rings is 3. The molecule has 3 aromatic carbocycles. The van der Waals surface area contributed by atoms with Crippen LogP contribution in [0.15, 0.2) is 108 Å². The molecule has 1 atom stereocenters. The van der Waals surface area contributed by atoms with Crippen LogP contribution in [-0.2, 0) is 35.2 Å². The lowest BCUT2D eigenvalue weighted by Crippen LogP contribution is -2.39. The molecule has 1 aliphatic carbocycles. The first kappa shape index (κ1) is 33.8. The average molecular weight is 646 g/mol. The minimum Gasteiger partial charge on any atom is -0.367 e. The van der Waals surface area contributed by atoms with Gasteiger partial charge in [-0.1, -0.05) is 91.0 Å². The van der Waals surface area contributed by atoms with E-state index in [1.54, 1.807) is 40.0 Å². The molecule has 1 saturated carbocycles. The van der Waals surface area contributed by atoms with E-state index in [0.717, 1.165) is 29.5 Å². The van der Waals surface area contributed by atoms with Gasteiger partial charge in [0.1, 0.15) is 17.8 Å². The fraction of sp³-hybridized carbons (Fsp3) is 0.389. The first-order chi connectivity index (χ1) is 22.2. The summed E-state index contributed by atoms with van der Waals surface area (Å²) in [6, 6.07) is 32.2. The van der Waals surface area contributed by atoms with Crippen molar-refractivity contribution in [2.75, 3.05) is 18.3 Å². The monoisotopic (exact) mass is 645 g/mol. The number of hydrogen-bond donors (Lipinski definition) is 1. The van der Waals surface area contributed by atoms with Crippen molar-refractivity contribution >= 4 is 13.4 Å². The average Bonchev–Trinajstić information content (AvgIpc) is 3.86. The molecule has 0 radical (unpaired) electrons. The summed E-state index contributed by atoms with van der Waals surface area (Å²) in [6.07, 6.45) is 2.12. The number of rotatable bonds is 17. The van der Waals surface area contributed by atoms with Gasteiger partial charge in [0.05, 0.1) is 31.5 Å². The summed E-state index contributed by atoms with van der Waals surface area (Å²) in [6.45, 7) is 7.34. The number of anilines is 1. The zero-order valence-electron chi connectivity index (χ0n) is 27.0. The Morgan fingerprint density at radius 3 is 1.76 bits per heavy atom. The van der Waals surface area contributed by atoms with Crippen LogP contribution in [0.2, 0.25) is 0 Å². The van der Waals surface area contributed by atoms with Gasteiger partial charge in [0.2, 0.25) is 0 Å². The van der Waals surface area contributed by atoms with E-state index >= 15 is 0 Å². The van der Waals surface area contributed by atoms with E-state index in [1.165, 1.54) is 4.57 Å². The molecular weight excluding hydrogens is 601 g/mol. The second-order valence-corrected chi connectivity index (χ2v) is 14.0. The Bertz CT molecular complexity index is 1520. The second kappa shape index (κ2) is 15.3. The molecule has 1 N–H and O–H groups in total. The van der Waals surface area contributed by atoms with E-state index in [0.29, 0.717) is 11.9 Å². The van der Waals surface area contributed by atoms with E-state index in [4.69, 9.17) is 18.5 Å². The minimum atomic E-state index is -3.65. The highest BCUT2D eigenvalue weighted by atomic mass is 31.2. The maximum Gasteiger partial charge on any atom is 0.356 e. The zero-order valence-corrected chi connectivity index (χ0v) is 27.8. The molecule has 244 valence electrons. The molecule has 4 aromatic rings. The molecule has 0 unspecified atom stereocenters. The largest absolute Gasteiger partial charge is 0.367 e. The normalized spacial score (nSPS) is 14.5.